The molecule has 1 aromatic rings. The number of carbonyl (C=O) groups is 1. The van der Waals surface area contributed by atoms with E-state index in [0.29, 0.717) is 12.2 Å². The first kappa shape index (κ1) is 13.7. The zero-order valence-corrected chi connectivity index (χ0v) is 10.7. The van der Waals surface area contributed by atoms with E-state index in [1.807, 2.05) is 13.0 Å². The van der Waals surface area contributed by atoms with Gasteiger partial charge in [0.2, 0.25) is 0 Å². The molecule has 1 rings (SSSR count). The van der Waals surface area contributed by atoms with Gasteiger partial charge in [-0.2, -0.15) is 5.10 Å². The van der Waals surface area contributed by atoms with Gasteiger partial charge in [-0.25, -0.2) is 0 Å². The lowest BCUT2D eigenvalue weighted by Gasteiger charge is -2.04. The third-order valence-corrected chi connectivity index (χ3v) is 2.69. The van der Waals surface area contributed by atoms with Crippen molar-refractivity contribution in [1.29, 1.82) is 0 Å². The van der Waals surface area contributed by atoms with Crippen molar-refractivity contribution in [3.8, 4) is 0 Å². The van der Waals surface area contributed by atoms with E-state index in [1.54, 1.807) is 11.7 Å². The maximum Gasteiger partial charge on any atom is 0.269 e. The quantitative estimate of drug-likeness (QED) is 0.691. The van der Waals surface area contributed by atoms with E-state index in [2.05, 4.69) is 10.4 Å². The summed E-state index contributed by atoms with van der Waals surface area (Å²) in [6.45, 7) is 3.44. The molecular weight excluding hydrogens is 216 g/mol. The molecule has 0 saturated carbocycles. The van der Waals surface area contributed by atoms with Crippen LogP contribution in [0.4, 0.5) is 0 Å². The van der Waals surface area contributed by atoms with E-state index in [0.717, 1.165) is 37.9 Å². The Morgan fingerprint density at radius 2 is 2.24 bits per heavy atom. The Morgan fingerprint density at radius 3 is 2.82 bits per heavy atom. The summed E-state index contributed by atoms with van der Waals surface area (Å²) in [7, 11) is 1.79. The predicted molar refractivity (Wildman–Crippen MR) is 67.8 cm³/mol. The van der Waals surface area contributed by atoms with Crippen molar-refractivity contribution in [3.05, 3.63) is 17.5 Å². The van der Waals surface area contributed by atoms with Crippen LogP contribution >= 0.6 is 0 Å². The molecule has 0 atom stereocenters. The Balaban J connectivity index is 2.38. The van der Waals surface area contributed by atoms with Crippen molar-refractivity contribution >= 4 is 5.91 Å². The van der Waals surface area contributed by atoms with Gasteiger partial charge >= 0.3 is 0 Å². The molecule has 5 heteroatoms. The minimum atomic E-state index is -0.0487. The van der Waals surface area contributed by atoms with Gasteiger partial charge in [-0.3, -0.25) is 9.48 Å². The van der Waals surface area contributed by atoms with Crippen LogP contribution in [0.5, 0.6) is 0 Å². The summed E-state index contributed by atoms with van der Waals surface area (Å²) in [6.07, 6.45) is 3.89. The van der Waals surface area contributed by atoms with Gasteiger partial charge in [-0.05, 0) is 31.9 Å². The predicted octanol–water partition coefficient (Wildman–Crippen LogP) is 0.841. The third-order valence-electron chi connectivity index (χ3n) is 2.69. The second-order valence-electron chi connectivity index (χ2n) is 4.10. The largest absolute Gasteiger partial charge is 0.351 e. The van der Waals surface area contributed by atoms with Gasteiger partial charge in [-0.15, -0.1) is 0 Å². The van der Waals surface area contributed by atoms with Crippen LogP contribution in [0, 0.1) is 0 Å². The standard InChI is InChI=1S/C12H22N4O/c1-3-10-9-11(16(2)15-10)12(17)14-8-6-4-5-7-13/h9H,3-8,13H2,1-2H3,(H,14,17). The van der Waals surface area contributed by atoms with Crippen molar-refractivity contribution < 1.29 is 4.79 Å². The normalized spacial score (nSPS) is 10.5. The van der Waals surface area contributed by atoms with Crippen LogP contribution in [0.15, 0.2) is 6.07 Å². The topological polar surface area (TPSA) is 72.9 Å². The second-order valence-corrected chi connectivity index (χ2v) is 4.10. The molecule has 3 N–H and O–H groups in total. The van der Waals surface area contributed by atoms with Crippen molar-refractivity contribution in [2.24, 2.45) is 12.8 Å². The van der Waals surface area contributed by atoms with E-state index in [-0.39, 0.29) is 5.91 Å². The van der Waals surface area contributed by atoms with Gasteiger partial charge in [0.15, 0.2) is 0 Å². The van der Waals surface area contributed by atoms with Crippen molar-refractivity contribution in [2.75, 3.05) is 13.1 Å². The Hall–Kier alpha value is -1.36. The molecule has 0 radical (unpaired) electrons. The fourth-order valence-corrected chi connectivity index (χ4v) is 1.65. The van der Waals surface area contributed by atoms with Gasteiger partial charge in [0, 0.05) is 13.6 Å². The molecule has 0 aliphatic rings. The van der Waals surface area contributed by atoms with Gasteiger partial charge in [0.1, 0.15) is 5.69 Å². The average molecular weight is 238 g/mol. The highest BCUT2D eigenvalue weighted by Crippen LogP contribution is 2.03. The molecule has 96 valence electrons. The molecule has 0 aromatic carbocycles. The van der Waals surface area contributed by atoms with Crippen molar-refractivity contribution in [3.63, 3.8) is 0 Å². The molecule has 0 fully saturated rings. The lowest BCUT2D eigenvalue weighted by molar-refractivity contribution is 0.0943. The first-order valence-corrected chi connectivity index (χ1v) is 6.20. The van der Waals surface area contributed by atoms with E-state index in [9.17, 15) is 4.79 Å². The molecule has 5 nitrogen and oxygen atoms in total. The fraction of sp³-hybridized carbons (Fsp3) is 0.667. The molecule has 1 heterocycles. The number of hydrogen-bond acceptors (Lipinski definition) is 3. The van der Waals surface area contributed by atoms with Crippen LogP contribution in [0.1, 0.15) is 42.4 Å². The molecule has 0 aliphatic heterocycles. The zero-order chi connectivity index (χ0) is 12.7. The van der Waals surface area contributed by atoms with Crippen molar-refractivity contribution in [2.45, 2.75) is 32.6 Å². The number of aromatic nitrogens is 2. The summed E-state index contributed by atoms with van der Waals surface area (Å²) < 4.78 is 1.63. The van der Waals surface area contributed by atoms with Gasteiger partial charge < -0.3 is 11.1 Å². The van der Waals surface area contributed by atoms with E-state index in [1.165, 1.54) is 0 Å². The number of rotatable bonds is 7. The number of nitrogens with one attached hydrogen (secondary N) is 1. The summed E-state index contributed by atoms with van der Waals surface area (Å²) in [6, 6.07) is 1.84. The van der Waals surface area contributed by atoms with Gasteiger partial charge in [0.05, 0.1) is 5.69 Å². The van der Waals surface area contributed by atoms with Crippen LogP contribution in [0.2, 0.25) is 0 Å². The summed E-state index contributed by atoms with van der Waals surface area (Å²) in [5.74, 6) is -0.0487. The number of unbranched alkanes of at least 4 members (excludes halogenated alkanes) is 2. The Kier molecular flexibility index (Phi) is 5.69. The minimum Gasteiger partial charge on any atom is -0.351 e. The van der Waals surface area contributed by atoms with Gasteiger partial charge in [0.25, 0.3) is 5.91 Å². The summed E-state index contributed by atoms with van der Waals surface area (Å²) in [5, 5.41) is 7.14. The average Bonchev–Trinajstić information content (AvgIpc) is 2.70. The van der Waals surface area contributed by atoms with Crippen molar-refractivity contribution in [1.82, 2.24) is 15.1 Å². The van der Waals surface area contributed by atoms with Crippen LogP contribution in [-0.4, -0.2) is 28.8 Å². The number of aryl methyl sites for hydroxylation is 2. The maximum atomic E-state index is 11.8. The highest BCUT2D eigenvalue weighted by Gasteiger charge is 2.11. The summed E-state index contributed by atoms with van der Waals surface area (Å²) >= 11 is 0. The molecule has 0 unspecified atom stereocenters. The van der Waals surface area contributed by atoms with Crippen LogP contribution in [0.25, 0.3) is 0 Å². The molecule has 1 aromatic heterocycles. The fourth-order valence-electron chi connectivity index (χ4n) is 1.65. The first-order chi connectivity index (χ1) is 8.19. The van der Waals surface area contributed by atoms with E-state index in [4.69, 9.17) is 5.73 Å². The Bertz CT molecular complexity index is 359. The van der Waals surface area contributed by atoms with Crippen LogP contribution in [0.3, 0.4) is 0 Å². The molecule has 1 amide bonds. The molecule has 0 bridgehead atoms. The number of hydrogen-bond donors (Lipinski definition) is 2. The monoisotopic (exact) mass is 238 g/mol. The summed E-state index contributed by atoms with van der Waals surface area (Å²) in [4.78, 5) is 11.8. The zero-order valence-electron chi connectivity index (χ0n) is 10.7. The van der Waals surface area contributed by atoms with E-state index >= 15 is 0 Å². The Morgan fingerprint density at radius 1 is 1.47 bits per heavy atom. The number of carbonyl (C=O) groups excluding carboxylic acids is 1. The lowest BCUT2D eigenvalue weighted by Crippen LogP contribution is -2.26. The number of nitrogens with two attached hydrogens (primary N) is 1. The van der Waals surface area contributed by atoms with E-state index < -0.39 is 0 Å². The number of amides is 1. The molecule has 0 aliphatic carbocycles. The third kappa shape index (κ3) is 4.19. The Labute approximate surface area is 102 Å². The number of nitrogens with zero attached hydrogens (tertiary/aromatic N) is 2. The molecular formula is C12H22N4O. The maximum absolute atomic E-state index is 11.8. The van der Waals surface area contributed by atoms with Crippen LogP contribution in [-0.2, 0) is 13.5 Å². The first-order valence-electron chi connectivity index (χ1n) is 6.20. The van der Waals surface area contributed by atoms with Crippen LogP contribution < -0.4 is 11.1 Å². The minimum absolute atomic E-state index is 0.0487. The molecule has 0 saturated heterocycles. The molecule has 0 spiro atoms. The highest BCUT2D eigenvalue weighted by atomic mass is 16.2. The summed E-state index contributed by atoms with van der Waals surface area (Å²) in [5.41, 5.74) is 6.97. The highest BCUT2D eigenvalue weighted by molar-refractivity contribution is 5.92. The SMILES string of the molecule is CCc1cc(C(=O)NCCCCCN)n(C)n1. The second kappa shape index (κ2) is 7.06. The smallest absolute Gasteiger partial charge is 0.269 e. The molecule has 17 heavy (non-hydrogen) atoms. The van der Waals surface area contributed by atoms with Gasteiger partial charge in [-0.1, -0.05) is 13.3 Å². The lowest BCUT2D eigenvalue weighted by atomic mass is 10.2.